The van der Waals surface area contributed by atoms with E-state index in [1.807, 2.05) is 17.4 Å². The van der Waals surface area contributed by atoms with Crippen LogP contribution in [0.4, 0.5) is 0 Å². The van der Waals surface area contributed by atoms with E-state index in [1.165, 1.54) is 37.6 Å². The lowest BCUT2D eigenvalue weighted by Crippen LogP contribution is -2.27. The SMILES string of the molecule is C=Cc1ccc(C2(c3ccccc3)c3ccccc3-c3ccccc32)s1. The quantitative estimate of drug-likeness (QED) is 0.337. The first-order valence-electron chi connectivity index (χ1n) is 8.83. The third-order valence-corrected chi connectivity index (χ3v) is 6.56. The molecule has 1 aromatic heterocycles. The molecule has 1 aliphatic rings. The van der Waals surface area contributed by atoms with Gasteiger partial charge in [0.15, 0.2) is 0 Å². The van der Waals surface area contributed by atoms with Crippen molar-refractivity contribution >= 4 is 17.4 Å². The van der Waals surface area contributed by atoms with Crippen molar-refractivity contribution in [3.63, 3.8) is 0 Å². The summed E-state index contributed by atoms with van der Waals surface area (Å²) in [6.45, 7) is 3.97. The first-order valence-corrected chi connectivity index (χ1v) is 9.65. The van der Waals surface area contributed by atoms with Gasteiger partial charge >= 0.3 is 0 Å². The lowest BCUT2D eigenvalue weighted by atomic mass is 9.71. The van der Waals surface area contributed by atoms with Gasteiger partial charge < -0.3 is 0 Å². The average molecular weight is 350 g/mol. The van der Waals surface area contributed by atoms with E-state index in [9.17, 15) is 0 Å². The fourth-order valence-corrected chi connectivity index (χ4v) is 5.41. The van der Waals surface area contributed by atoms with E-state index in [-0.39, 0.29) is 5.41 Å². The van der Waals surface area contributed by atoms with Gasteiger partial charge in [0.1, 0.15) is 0 Å². The van der Waals surface area contributed by atoms with Gasteiger partial charge in [-0.1, -0.05) is 91.5 Å². The highest BCUT2D eigenvalue weighted by molar-refractivity contribution is 7.13. The van der Waals surface area contributed by atoms with Crippen LogP contribution in [-0.4, -0.2) is 0 Å². The Morgan fingerprint density at radius 3 is 1.81 bits per heavy atom. The average Bonchev–Trinajstić information content (AvgIpc) is 3.30. The monoisotopic (exact) mass is 350 g/mol. The van der Waals surface area contributed by atoms with Crippen molar-refractivity contribution in [3.8, 4) is 11.1 Å². The molecule has 3 aromatic carbocycles. The number of benzene rings is 3. The molecular formula is C25H18S. The van der Waals surface area contributed by atoms with E-state index in [1.54, 1.807) is 0 Å². The van der Waals surface area contributed by atoms with Crippen LogP contribution in [0.3, 0.4) is 0 Å². The molecule has 0 radical (unpaired) electrons. The maximum Gasteiger partial charge on any atom is 0.0807 e. The van der Waals surface area contributed by atoms with Crippen LogP contribution in [0.15, 0.2) is 97.6 Å². The molecule has 0 aliphatic heterocycles. The number of rotatable bonds is 3. The van der Waals surface area contributed by atoms with Crippen LogP contribution in [-0.2, 0) is 5.41 Å². The molecule has 0 nitrogen and oxygen atoms in total. The molecule has 1 heterocycles. The van der Waals surface area contributed by atoms with Gasteiger partial charge in [-0.15, -0.1) is 11.3 Å². The fraction of sp³-hybridized carbons (Fsp3) is 0.0400. The van der Waals surface area contributed by atoms with Crippen molar-refractivity contribution < 1.29 is 0 Å². The number of hydrogen-bond donors (Lipinski definition) is 0. The molecule has 0 N–H and O–H groups in total. The summed E-state index contributed by atoms with van der Waals surface area (Å²) in [6.07, 6.45) is 1.94. The second kappa shape index (κ2) is 5.82. The van der Waals surface area contributed by atoms with Crippen LogP contribution in [0.2, 0.25) is 0 Å². The largest absolute Gasteiger partial charge is 0.139 e. The highest BCUT2D eigenvalue weighted by Gasteiger charge is 2.46. The summed E-state index contributed by atoms with van der Waals surface area (Å²) < 4.78 is 0. The molecule has 0 saturated carbocycles. The maximum atomic E-state index is 3.97. The zero-order valence-corrected chi connectivity index (χ0v) is 15.2. The van der Waals surface area contributed by atoms with Crippen LogP contribution in [0, 0.1) is 0 Å². The number of fused-ring (bicyclic) bond motifs is 3. The second-order valence-electron chi connectivity index (χ2n) is 6.61. The first-order chi connectivity index (χ1) is 12.9. The standard InChI is InChI=1S/C25H18S/c1-2-19-16-17-24(26-19)25(18-10-4-3-5-11-18)22-14-8-6-12-20(22)21-13-7-9-15-23(21)25/h2-17H,1H2. The Morgan fingerprint density at radius 1 is 0.654 bits per heavy atom. The molecule has 0 fully saturated rings. The molecule has 0 unspecified atom stereocenters. The van der Waals surface area contributed by atoms with Crippen molar-refractivity contribution in [2.45, 2.75) is 5.41 Å². The Bertz CT molecular complexity index is 1060. The van der Waals surface area contributed by atoms with Gasteiger partial charge in [0.25, 0.3) is 0 Å². The Labute approximate surface area is 158 Å². The van der Waals surface area contributed by atoms with Crippen LogP contribution in [0.25, 0.3) is 17.2 Å². The molecule has 0 spiro atoms. The molecular weight excluding hydrogens is 332 g/mol. The third-order valence-electron chi connectivity index (χ3n) is 5.36. The smallest absolute Gasteiger partial charge is 0.0807 e. The topological polar surface area (TPSA) is 0 Å². The zero-order chi connectivity index (χ0) is 17.6. The molecule has 4 aromatic rings. The van der Waals surface area contributed by atoms with Gasteiger partial charge in [0, 0.05) is 9.75 Å². The van der Waals surface area contributed by atoms with Crippen LogP contribution >= 0.6 is 11.3 Å². The van der Waals surface area contributed by atoms with Crippen LogP contribution in [0.1, 0.15) is 26.4 Å². The van der Waals surface area contributed by atoms with Crippen molar-refractivity contribution in [1.29, 1.82) is 0 Å². The summed E-state index contributed by atoms with van der Waals surface area (Å²) in [4.78, 5) is 2.55. The maximum absolute atomic E-state index is 3.97. The Morgan fingerprint density at radius 2 is 1.23 bits per heavy atom. The van der Waals surface area contributed by atoms with Crippen molar-refractivity contribution in [3.05, 3.63) is 124 Å². The predicted molar refractivity (Wildman–Crippen MR) is 112 cm³/mol. The van der Waals surface area contributed by atoms with E-state index >= 15 is 0 Å². The van der Waals surface area contributed by atoms with Gasteiger partial charge in [0.05, 0.1) is 5.41 Å². The molecule has 1 heteroatoms. The highest BCUT2D eigenvalue weighted by Crippen LogP contribution is 2.57. The molecule has 0 bridgehead atoms. The summed E-state index contributed by atoms with van der Waals surface area (Å²) in [5.41, 5.74) is 6.45. The van der Waals surface area contributed by atoms with E-state index in [4.69, 9.17) is 0 Å². The molecule has 0 amide bonds. The fourth-order valence-electron chi connectivity index (χ4n) is 4.31. The zero-order valence-electron chi connectivity index (χ0n) is 14.4. The lowest BCUT2D eigenvalue weighted by Gasteiger charge is -2.32. The summed E-state index contributed by atoms with van der Waals surface area (Å²) in [7, 11) is 0. The van der Waals surface area contributed by atoms with Gasteiger partial charge in [-0.05, 0) is 39.9 Å². The van der Waals surface area contributed by atoms with Crippen molar-refractivity contribution in [1.82, 2.24) is 0 Å². The van der Waals surface area contributed by atoms with Gasteiger partial charge in [0.2, 0.25) is 0 Å². The molecule has 0 saturated heterocycles. The minimum absolute atomic E-state index is 0.264. The summed E-state index contributed by atoms with van der Waals surface area (Å²) in [6, 6.07) is 33.0. The van der Waals surface area contributed by atoms with E-state index in [0.29, 0.717) is 0 Å². The third kappa shape index (κ3) is 1.95. The van der Waals surface area contributed by atoms with Crippen molar-refractivity contribution in [2.75, 3.05) is 0 Å². The van der Waals surface area contributed by atoms with Gasteiger partial charge in [-0.3, -0.25) is 0 Å². The Balaban J connectivity index is 1.96. The Kier molecular flexibility index (Phi) is 3.44. The van der Waals surface area contributed by atoms with Gasteiger partial charge in [-0.2, -0.15) is 0 Å². The van der Waals surface area contributed by atoms with E-state index in [0.717, 1.165) is 0 Å². The molecule has 5 rings (SSSR count). The minimum Gasteiger partial charge on any atom is -0.139 e. The normalized spacial score (nSPS) is 13.8. The van der Waals surface area contributed by atoms with E-state index in [2.05, 4.69) is 97.6 Å². The molecule has 1 aliphatic carbocycles. The van der Waals surface area contributed by atoms with Gasteiger partial charge in [-0.25, -0.2) is 0 Å². The molecule has 0 atom stereocenters. The molecule has 124 valence electrons. The number of thiophene rings is 1. The summed E-state index contributed by atoms with van der Waals surface area (Å²) in [5.74, 6) is 0. The van der Waals surface area contributed by atoms with Crippen LogP contribution in [0.5, 0.6) is 0 Å². The van der Waals surface area contributed by atoms with E-state index < -0.39 is 0 Å². The first kappa shape index (κ1) is 15.4. The molecule has 26 heavy (non-hydrogen) atoms. The lowest BCUT2D eigenvalue weighted by molar-refractivity contribution is 0.787. The second-order valence-corrected chi connectivity index (χ2v) is 7.73. The van der Waals surface area contributed by atoms with Crippen molar-refractivity contribution in [2.24, 2.45) is 0 Å². The Hall–Kier alpha value is -2.90. The van der Waals surface area contributed by atoms with Crippen LogP contribution < -0.4 is 0 Å². The highest BCUT2D eigenvalue weighted by atomic mass is 32.1. The number of hydrogen-bond acceptors (Lipinski definition) is 1. The minimum atomic E-state index is -0.264. The predicted octanol–water partition coefficient (Wildman–Crippen LogP) is 6.75. The summed E-state index contributed by atoms with van der Waals surface area (Å²) >= 11 is 1.83. The summed E-state index contributed by atoms with van der Waals surface area (Å²) in [5, 5.41) is 0.